The van der Waals surface area contributed by atoms with Gasteiger partial charge in [0.2, 0.25) is 0 Å². The van der Waals surface area contributed by atoms with Gasteiger partial charge in [0.25, 0.3) is 0 Å². The van der Waals surface area contributed by atoms with E-state index in [0.29, 0.717) is 18.1 Å². The summed E-state index contributed by atoms with van der Waals surface area (Å²) < 4.78 is 5.94. The molecule has 1 fully saturated rings. The minimum Gasteiger partial charge on any atom is -0.380 e. The molecule has 0 spiro atoms. The molecule has 120 valence electrons. The van der Waals surface area contributed by atoms with E-state index in [9.17, 15) is 0 Å². The Kier molecular flexibility index (Phi) is 7.14. The predicted octanol–water partition coefficient (Wildman–Crippen LogP) is 3.96. The minimum atomic E-state index is 0.320. The average molecular weight is 311 g/mol. The van der Waals surface area contributed by atoms with Gasteiger partial charge in [-0.1, -0.05) is 26.2 Å². The van der Waals surface area contributed by atoms with Crippen molar-refractivity contribution in [3.05, 3.63) is 16.1 Å². The molecule has 21 heavy (non-hydrogen) atoms. The van der Waals surface area contributed by atoms with Crippen molar-refractivity contribution in [1.82, 2.24) is 10.3 Å². The van der Waals surface area contributed by atoms with Crippen LogP contribution in [0.1, 0.15) is 56.2 Å². The third kappa shape index (κ3) is 5.04. The molecule has 0 radical (unpaired) electrons. The molecule has 2 unspecified atom stereocenters. The number of hydrogen-bond donors (Lipinski definition) is 1. The van der Waals surface area contributed by atoms with E-state index in [4.69, 9.17) is 4.74 Å². The topological polar surface area (TPSA) is 34.2 Å². The largest absolute Gasteiger partial charge is 0.380 e. The highest BCUT2D eigenvalue weighted by molar-refractivity contribution is 7.09. The molecule has 4 heteroatoms. The average Bonchev–Trinajstić information content (AvgIpc) is 2.91. The highest BCUT2D eigenvalue weighted by Gasteiger charge is 2.30. The lowest BCUT2D eigenvalue weighted by Gasteiger charge is -2.35. The SMILES string of the molecule is CCCNC(Cc1nc(C)cs1)C(OC)C1CCCCC1. The zero-order valence-electron chi connectivity index (χ0n) is 13.7. The van der Waals surface area contributed by atoms with Crippen molar-refractivity contribution in [2.75, 3.05) is 13.7 Å². The van der Waals surface area contributed by atoms with Crippen molar-refractivity contribution in [2.24, 2.45) is 5.92 Å². The van der Waals surface area contributed by atoms with Crippen LogP contribution in [0.15, 0.2) is 5.38 Å². The van der Waals surface area contributed by atoms with E-state index in [1.54, 1.807) is 11.3 Å². The zero-order chi connectivity index (χ0) is 15.1. The van der Waals surface area contributed by atoms with Crippen molar-refractivity contribution in [3.8, 4) is 0 Å². The van der Waals surface area contributed by atoms with E-state index >= 15 is 0 Å². The Bertz CT molecular complexity index is 401. The van der Waals surface area contributed by atoms with Gasteiger partial charge in [-0.2, -0.15) is 0 Å². The maximum absolute atomic E-state index is 5.94. The molecule has 1 aromatic rings. The number of ether oxygens (including phenoxy) is 1. The Hall–Kier alpha value is -0.450. The van der Waals surface area contributed by atoms with Crippen LogP contribution in [0.25, 0.3) is 0 Å². The van der Waals surface area contributed by atoms with Gasteiger partial charge in [-0.3, -0.25) is 0 Å². The summed E-state index contributed by atoms with van der Waals surface area (Å²) in [7, 11) is 1.88. The van der Waals surface area contributed by atoms with Gasteiger partial charge >= 0.3 is 0 Å². The fourth-order valence-corrected chi connectivity index (χ4v) is 4.30. The molecule has 0 aromatic carbocycles. The summed E-state index contributed by atoms with van der Waals surface area (Å²) in [6.45, 7) is 5.35. The molecule has 0 amide bonds. The van der Waals surface area contributed by atoms with Gasteiger partial charge in [-0.25, -0.2) is 4.98 Å². The van der Waals surface area contributed by atoms with Crippen LogP contribution in [0, 0.1) is 12.8 Å². The fourth-order valence-electron chi connectivity index (χ4n) is 3.47. The van der Waals surface area contributed by atoms with Crippen LogP contribution < -0.4 is 5.32 Å². The van der Waals surface area contributed by atoms with Crippen molar-refractivity contribution in [1.29, 1.82) is 0 Å². The van der Waals surface area contributed by atoms with Crippen LogP contribution in [0.4, 0.5) is 0 Å². The van der Waals surface area contributed by atoms with Crippen LogP contribution in [-0.4, -0.2) is 30.8 Å². The summed E-state index contributed by atoms with van der Waals surface area (Å²) in [6.07, 6.45) is 9.23. The van der Waals surface area contributed by atoms with Crippen molar-refractivity contribution in [3.63, 3.8) is 0 Å². The van der Waals surface area contributed by atoms with Gasteiger partial charge < -0.3 is 10.1 Å². The Morgan fingerprint density at radius 1 is 1.38 bits per heavy atom. The van der Waals surface area contributed by atoms with Crippen LogP contribution in [0.5, 0.6) is 0 Å². The molecule has 0 bridgehead atoms. The quantitative estimate of drug-likeness (QED) is 0.789. The predicted molar refractivity (Wildman–Crippen MR) is 90.0 cm³/mol. The number of rotatable bonds is 8. The summed E-state index contributed by atoms with van der Waals surface area (Å²) in [5.41, 5.74) is 1.14. The first-order chi connectivity index (χ1) is 10.2. The van der Waals surface area contributed by atoms with Crippen molar-refractivity contribution < 1.29 is 4.74 Å². The van der Waals surface area contributed by atoms with Gasteiger partial charge in [0.05, 0.1) is 11.1 Å². The van der Waals surface area contributed by atoms with Gasteiger partial charge in [0.1, 0.15) is 0 Å². The first-order valence-electron chi connectivity index (χ1n) is 8.41. The number of aryl methyl sites for hydroxylation is 1. The van der Waals surface area contributed by atoms with Gasteiger partial charge in [-0.05, 0) is 38.6 Å². The Balaban J connectivity index is 2.04. The second kappa shape index (κ2) is 8.86. The number of nitrogens with zero attached hydrogens (tertiary/aromatic N) is 1. The minimum absolute atomic E-state index is 0.320. The lowest BCUT2D eigenvalue weighted by Crippen LogP contribution is -2.47. The molecule has 2 rings (SSSR count). The number of aromatic nitrogens is 1. The third-order valence-electron chi connectivity index (χ3n) is 4.50. The van der Waals surface area contributed by atoms with E-state index in [0.717, 1.165) is 25.1 Å². The first-order valence-corrected chi connectivity index (χ1v) is 9.29. The monoisotopic (exact) mass is 310 g/mol. The van der Waals surface area contributed by atoms with Gasteiger partial charge in [0, 0.05) is 30.6 Å². The van der Waals surface area contributed by atoms with Crippen molar-refractivity contribution in [2.45, 2.75) is 70.9 Å². The highest BCUT2D eigenvalue weighted by atomic mass is 32.1. The van der Waals surface area contributed by atoms with Crippen LogP contribution >= 0.6 is 11.3 Å². The zero-order valence-corrected chi connectivity index (χ0v) is 14.5. The van der Waals surface area contributed by atoms with E-state index in [1.807, 2.05) is 7.11 Å². The lowest BCUT2D eigenvalue weighted by molar-refractivity contribution is 0.00832. The maximum Gasteiger partial charge on any atom is 0.0944 e. The van der Waals surface area contributed by atoms with Gasteiger partial charge in [-0.15, -0.1) is 11.3 Å². The molecule has 1 N–H and O–H groups in total. The Labute approximate surface area is 133 Å². The number of methoxy groups -OCH3 is 1. The molecule has 1 aromatic heterocycles. The molecule has 1 saturated carbocycles. The van der Waals surface area contributed by atoms with Crippen molar-refractivity contribution >= 4 is 11.3 Å². The second-order valence-electron chi connectivity index (χ2n) is 6.25. The molecule has 1 heterocycles. The van der Waals surface area contributed by atoms with E-state index in [1.165, 1.54) is 37.1 Å². The normalized spacial score (nSPS) is 19.6. The van der Waals surface area contributed by atoms with E-state index in [-0.39, 0.29) is 0 Å². The molecule has 0 saturated heterocycles. The lowest BCUT2D eigenvalue weighted by atomic mass is 9.82. The second-order valence-corrected chi connectivity index (χ2v) is 7.19. The van der Waals surface area contributed by atoms with Crippen LogP contribution in [0.3, 0.4) is 0 Å². The molecular weight excluding hydrogens is 280 g/mol. The van der Waals surface area contributed by atoms with Crippen LogP contribution in [0.2, 0.25) is 0 Å². The molecule has 0 aliphatic heterocycles. The first kappa shape index (κ1) is 16.9. The molecule has 2 atom stereocenters. The van der Waals surface area contributed by atoms with Gasteiger partial charge in [0.15, 0.2) is 0 Å². The standard InChI is InChI=1S/C17H30N2OS/c1-4-10-18-15(11-16-19-13(2)12-21-16)17(20-3)14-8-6-5-7-9-14/h12,14-15,17-18H,4-11H2,1-3H3. The van der Waals surface area contributed by atoms with E-state index < -0.39 is 0 Å². The smallest absolute Gasteiger partial charge is 0.0944 e. The number of hydrogen-bond acceptors (Lipinski definition) is 4. The summed E-state index contributed by atoms with van der Waals surface area (Å²) >= 11 is 1.78. The Morgan fingerprint density at radius 2 is 2.14 bits per heavy atom. The molecule has 3 nitrogen and oxygen atoms in total. The Morgan fingerprint density at radius 3 is 2.71 bits per heavy atom. The maximum atomic E-state index is 5.94. The van der Waals surface area contributed by atoms with E-state index in [2.05, 4.69) is 29.5 Å². The summed E-state index contributed by atoms with van der Waals surface area (Å²) in [4.78, 5) is 4.64. The van der Waals surface area contributed by atoms with Crippen LogP contribution in [-0.2, 0) is 11.2 Å². The summed E-state index contributed by atoms with van der Waals surface area (Å²) in [5.74, 6) is 0.708. The fraction of sp³-hybridized carbons (Fsp3) is 0.824. The summed E-state index contributed by atoms with van der Waals surface area (Å²) in [5, 5.41) is 7.10. The highest BCUT2D eigenvalue weighted by Crippen LogP contribution is 2.30. The summed E-state index contributed by atoms with van der Waals surface area (Å²) in [6, 6.07) is 0.392. The molecule has 1 aliphatic carbocycles. The molecule has 1 aliphatic rings. The number of thiazole rings is 1. The molecular formula is C17H30N2OS. The third-order valence-corrected chi connectivity index (χ3v) is 5.49. The number of nitrogens with one attached hydrogen (secondary N) is 1.